The molecule has 0 aliphatic heterocycles. The highest BCUT2D eigenvalue weighted by molar-refractivity contribution is 6.12. The monoisotopic (exact) mass is 805 g/mol. The van der Waals surface area contributed by atoms with Crippen LogP contribution in [0.25, 0.3) is 122 Å². The van der Waals surface area contributed by atoms with Crippen molar-refractivity contribution in [3.63, 3.8) is 0 Å². The number of hydrogen-bond acceptors (Lipinski definition) is 4. The van der Waals surface area contributed by atoms with E-state index in [0.717, 1.165) is 106 Å². The quantitative estimate of drug-likeness (QED) is 0.168. The minimum absolute atomic E-state index is 0.791. The molecule has 0 N–H and O–H groups in total. The lowest BCUT2D eigenvalue weighted by Gasteiger charge is -2.13. The first kappa shape index (κ1) is 35.2. The van der Waals surface area contributed by atoms with Crippen molar-refractivity contribution in [1.29, 1.82) is 0 Å². The second-order valence-electron chi connectivity index (χ2n) is 16.1. The average Bonchev–Trinajstić information content (AvgIpc) is 4.01. The van der Waals surface area contributed by atoms with Crippen LogP contribution in [0.3, 0.4) is 0 Å². The van der Waals surface area contributed by atoms with Crippen molar-refractivity contribution in [1.82, 2.24) is 24.1 Å². The molecule has 6 heteroatoms. The van der Waals surface area contributed by atoms with Crippen LogP contribution in [-0.4, -0.2) is 24.1 Å². The predicted octanol–water partition coefficient (Wildman–Crippen LogP) is 14.6. The molecule has 13 aromatic rings. The summed E-state index contributed by atoms with van der Waals surface area (Å²) in [4.78, 5) is 14.8. The topological polar surface area (TPSA) is 61.7 Å². The van der Waals surface area contributed by atoms with Crippen LogP contribution in [0.15, 0.2) is 217 Å². The van der Waals surface area contributed by atoms with Crippen LogP contribution in [0.5, 0.6) is 0 Å². The Hall–Kier alpha value is -8.61. The van der Waals surface area contributed by atoms with Gasteiger partial charge in [-0.25, -0.2) is 4.98 Å². The van der Waals surface area contributed by atoms with E-state index in [1.807, 2.05) is 36.8 Å². The lowest BCUT2D eigenvalue weighted by Crippen LogP contribution is -2.00. The summed E-state index contributed by atoms with van der Waals surface area (Å²) < 4.78 is 10.8. The van der Waals surface area contributed by atoms with Gasteiger partial charge in [-0.1, -0.05) is 109 Å². The fourth-order valence-corrected chi connectivity index (χ4v) is 9.49. The predicted molar refractivity (Wildman–Crippen MR) is 258 cm³/mol. The zero-order chi connectivity index (χ0) is 41.4. The Morgan fingerprint density at radius 1 is 0.365 bits per heavy atom. The maximum atomic E-state index is 6.12. The highest BCUT2D eigenvalue weighted by Gasteiger charge is 2.19. The van der Waals surface area contributed by atoms with Crippen molar-refractivity contribution < 1.29 is 4.42 Å². The molecule has 0 radical (unpaired) electrons. The Bertz CT molecular complexity index is 3860. The van der Waals surface area contributed by atoms with Crippen LogP contribution in [0.1, 0.15) is 0 Å². The number of hydrogen-bond donors (Lipinski definition) is 0. The summed E-state index contributed by atoms with van der Waals surface area (Å²) in [5.41, 5.74) is 16.6. The smallest absolute Gasteiger partial charge is 0.153 e. The molecule has 6 heterocycles. The number of nitrogens with zero attached hydrogens (tertiary/aromatic N) is 5. The number of furan rings is 1. The van der Waals surface area contributed by atoms with Crippen LogP contribution < -0.4 is 0 Å². The molecule has 0 unspecified atom stereocenters. The van der Waals surface area contributed by atoms with Crippen LogP contribution >= 0.6 is 0 Å². The number of para-hydroxylation sites is 2. The minimum atomic E-state index is 0.791. The summed E-state index contributed by atoms with van der Waals surface area (Å²) in [6, 6.07) is 68.7. The lowest BCUT2D eigenvalue weighted by molar-refractivity contribution is 0.668. The van der Waals surface area contributed by atoms with Gasteiger partial charge in [0.25, 0.3) is 0 Å². The lowest BCUT2D eigenvalue weighted by atomic mass is 9.99. The standard InChI is InChI=1S/C57H35N5O/c1-3-12-36(13-4-1)40-31-49(37-14-5-2-6-15-37)60-56(32-40)62-51-19-10-8-17-45(51)47-30-39(22-25-53(47)62)42-28-41(34-58-35-42)38-21-24-52-46(29-38)44-16-7-9-18-50(44)61(52)43-23-26-54-48(33-43)57-55(63-54)20-11-27-59-57/h1-35H. The summed E-state index contributed by atoms with van der Waals surface area (Å²) in [6.07, 6.45) is 5.75. The fraction of sp³-hybridized carbons (Fsp3) is 0. The van der Waals surface area contributed by atoms with Crippen molar-refractivity contribution in [2.75, 3.05) is 0 Å². The normalized spacial score (nSPS) is 11.8. The van der Waals surface area contributed by atoms with Crippen molar-refractivity contribution in [3.8, 4) is 56.1 Å². The summed E-state index contributed by atoms with van der Waals surface area (Å²) >= 11 is 0. The summed E-state index contributed by atoms with van der Waals surface area (Å²) in [7, 11) is 0. The molecule has 0 amide bonds. The summed E-state index contributed by atoms with van der Waals surface area (Å²) in [5.74, 6) is 0.877. The van der Waals surface area contributed by atoms with Crippen molar-refractivity contribution >= 4 is 65.7 Å². The van der Waals surface area contributed by atoms with Crippen LogP contribution in [0, 0.1) is 0 Å². The molecule has 0 saturated heterocycles. The number of aromatic nitrogens is 5. The Morgan fingerprint density at radius 2 is 0.984 bits per heavy atom. The Labute approximate surface area is 361 Å². The molecule has 63 heavy (non-hydrogen) atoms. The van der Waals surface area contributed by atoms with Gasteiger partial charge < -0.3 is 8.98 Å². The Morgan fingerprint density at radius 3 is 1.70 bits per heavy atom. The van der Waals surface area contributed by atoms with Crippen molar-refractivity contribution in [2.24, 2.45) is 0 Å². The highest BCUT2D eigenvalue weighted by Crippen LogP contribution is 2.40. The number of rotatable bonds is 6. The van der Waals surface area contributed by atoms with Gasteiger partial charge in [0.2, 0.25) is 0 Å². The fourth-order valence-electron chi connectivity index (χ4n) is 9.49. The first-order valence-electron chi connectivity index (χ1n) is 21.2. The molecule has 13 rings (SSSR count). The average molecular weight is 806 g/mol. The SMILES string of the molecule is c1ccc(-c2cc(-c3ccccc3)nc(-n3c4ccccc4c4cc(-c5cncc(-c6ccc7c(c6)c6ccccc6n7-c6ccc7oc8cccnc8c7c6)c5)ccc43)c2)cc1. The summed E-state index contributed by atoms with van der Waals surface area (Å²) in [6.45, 7) is 0. The van der Waals surface area contributed by atoms with Crippen molar-refractivity contribution in [3.05, 3.63) is 213 Å². The van der Waals surface area contributed by atoms with E-state index in [2.05, 4.69) is 190 Å². The number of fused-ring (bicyclic) bond motifs is 9. The molecule has 6 aromatic heterocycles. The first-order valence-corrected chi connectivity index (χ1v) is 21.2. The zero-order valence-corrected chi connectivity index (χ0v) is 33.9. The molecule has 0 saturated carbocycles. The van der Waals surface area contributed by atoms with Gasteiger partial charge in [-0.2, -0.15) is 0 Å². The molecular weight excluding hydrogens is 771 g/mol. The van der Waals surface area contributed by atoms with E-state index in [1.165, 1.54) is 16.2 Å². The Kier molecular flexibility index (Phi) is 7.80. The minimum Gasteiger partial charge on any atom is -0.454 e. The Balaban J connectivity index is 0.920. The molecule has 6 nitrogen and oxygen atoms in total. The zero-order valence-electron chi connectivity index (χ0n) is 33.9. The van der Waals surface area contributed by atoms with Crippen molar-refractivity contribution in [2.45, 2.75) is 0 Å². The number of benzene rings is 7. The molecule has 0 atom stereocenters. The molecule has 7 aromatic carbocycles. The van der Waals surface area contributed by atoms with E-state index in [4.69, 9.17) is 14.4 Å². The second kappa shape index (κ2) is 14.0. The van der Waals surface area contributed by atoms with E-state index >= 15 is 0 Å². The van der Waals surface area contributed by atoms with Crippen LogP contribution in [0.2, 0.25) is 0 Å². The van der Waals surface area contributed by atoms with E-state index in [0.29, 0.717) is 0 Å². The van der Waals surface area contributed by atoms with Gasteiger partial charge in [-0.15, -0.1) is 0 Å². The van der Waals surface area contributed by atoms with Crippen LogP contribution in [0.4, 0.5) is 0 Å². The first-order chi connectivity index (χ1) is 31.2. The van der Waals surface area contributed by atoms with Gasteiger partial charge >= 0.3 is 0 Å². The third-order valence-corrected chi connectivity index (χ3v) is 12.4. The van der Waals surface area contributed by atoms with Gasteiger partial charge in [0.15, 0.2) is 5.58 Å². The van der Waals surface area contributed by atoms with Gasteiger partial charge in [-0.05, 0) is 107 Å². The molecule has 0 aliphatic rings. The number of pyridine rings is 3. The highest BCUT2D eigenvalue weighted by atomic mass is 16.3. The van der Waals surface area contributed by atoms with Gasteiger partial charge in [-0.3, -0.25) is 14.5 Å². The third-order valence-electron chi connectivity index (χ3n) is 12.4. The largest absolute Gasteiger partial charge is 0.454 e. The van der Waals surface area contributed by atoms with Gasteiger partial charge in [0.1, 0.15) is 16.9 Å². The van der Waals surface area contributed by atoms with E-state index in [1.54, 1.807) is 0 Å². The molecule has 0 aliphatic carbocycles. The van der Waals surface area contributed by atoms with Crippen LogP contribution in [-0.2, 0) is 0 Å². The van der Waals surface area contributed by atoms with E-state index in [9.17, 15) is 0 Å². The maximum Gasteiger partial charge on any atom is 0.153 e. The van der Waals surface area contributed by atoms with E-state index < -0.39 is 0 Å². The van der Waals surface area contributed by atoms with Gasteiger partial charge in [0, 0.05) is 67.9 Å². The second-order valence-corrected chi connectivity index (χ2v) is 16.1. The van der Waals surface area contributed by atoms with E-state index in [-0.39, 0.29) is 0 Å². The van der Waals surface area contributed by atoms with Gasteiger partial charge in [0.05, 0.1) is 27.8 Å². The maximum absolute atomic E-state index is 6.12. The molecule has 294 valence electrons. The third kappa shape index (κ3) is 5.69. The molecule has 0 bridgehead atoms. The molecular formula is C57H35N5O. The molecule has 0 fully saturated rings. The summed E-state index contributed by atoms with van der Waals surface area (Å²) in [5, 5.41) is 5.70. The molecule has 0 spiro atoms.